The SMILES string of the molecule is O=C(Cc1coc(-c2ccc(Cl)cc2)n1)NCC[C@H]1CCCNC1. The first kappa shape index (κ1) is 17.0. The molecule has 3 rings (SSSR count). The molecule has 1 aliphatic rings. The third-order valence-corrected chi connectivity index (χ3v) is 4.51. The van der Waals surface area contributed by atoms with Crippen LogP contribution in [0.25, 0.3) is 11.5 Å². The summed E-state index contributed by atoms with van der Waals surface area (Å²) in [5.41, 5.74) is 1.48. The van der Waals surface area contributed by atoms with Gasteiger partial charge in [-0.1, -0.05) is 11.6 Å². The number of hydrogen-bond donors (Lipinski definition) is 2. The lowest BCUT2D eigenvalue weighted by Gasteiger charge is -2.22. The van der Waals surface area contributed by atoms with Gasteiger partial charge in [0.1, 0.15) is 6.26 Å². The van der Waals surface area contributed by atoms with E-state index < -0.39 is 0 Å². The normalized spacial score (nSPS) is 17.6. The topological polar surface area (TPSA) is 67.2 Å². The fraction of sp³-hybridized carbons (Fsp3) is 0.444. The number of carbonyl (C=O) groups excluding carboxylic acids is 1. The molecular weight excluding hydrogens is 326 g/mol. The van der Waals surface area contributed by atoms with Gasteiger partial charge in [0, 0.05) is 17.1 Å². The molecule has 0 saturated carbocycles. The number of aromatic nitrogens is 1. The molecule has 24 heavy (non-hydrogen) atoms. The van der Waals surface area contributed by atoms with Gasteiger partial charge in [0.15, 0.2) is 0 Å². The summed E-state index contributed by atoms with van der Waals surface area (Å²) in [5.74, 6) is 1.15. The van der Waals surface area contributed by atoms with Gasteiger partial charge in [-0.25, -0.2) is 4.98 Å². The molecule has 1 atom stereocenters. The molecule has 5 nitrogen and oxygen atoms in total. The standard InChI is InChI=1S/C18H22ClN3O2/c19-15-5-3-14(4-6-15)18-22-16(12-24-18)10-17(23)21-9-7-13-2-1-8-20-11-13/h3-6,12-13,20H,1-2,7-11H2,(H,21,23)/t13-/m1/s1. The molecule has 2 aromatic rings. The fourth-order valence-electron chi connectivity index (χ4n) is 2.93. The van der Waals surface area contributed by atoms with E-state index in [4.69, 9.17) is 16.0 Å². The summed E-state index contributed by atoms with van der Waals surface area (Å²) in [7, 11) is 0. The number of piperidine rings is 1. The van der Waals surface area contributed by atoms with Crippen LogP contribution in [0.4, 0.5) is 0 Å². The average Bonchev–Trinajstić information content (AvgIpc) is 3.05. The Hall–Kier alpha value is -1.85. The van der Waals surface area contributed by atoms with Crippen LogP contribution in [0, 0.1) is 5.92 Å². The zero-order valence-corrected chi connectivity index (χ0v) is 14.3. The Kier molecular flexibility index (Phi) is 5.88. The van der Waals surface area contributed by atoms with Crippen LogP contribution in [0.1, 0.15) is 25.0 Å². The summed E-state index contributed by atoms with van der Waals surface area (Å²) in [5, 5.41) is 7.03. The van der Waals surface area contributed by atoms with Crippen molar-refractivity contribution in [1.29, 1.82) is 0 Å². The number of carbonyl (C=O) groups is 1. The van der Waals surface area contributed by atoms with Crippen LogP contribution in [0.2, 0.25) is 5.02 Å². The Balaban J connectivity index is 1.45. The molecule has 0 aliphatic carbocycles. The van der Waals surface area contributed by atoms with E-state index in [2.05, 4.69) is 15.6 Å². The van der Waals surface area contributed by atoms with E-state index in [0.29, 0.717) is 29.1 Å². The highest BCUT2D eigenvalue weighted by Gasteiger charge is 2.14. The van der Waals surface area contributed by atoms with Crippen LogP contribution in [0.15, 0.2) is 34.9 Å². The molecule has 0 bridgehead atoms. The van der Waals surface area contributed by atoms with Crippen LogP contribution < -0.4 is 10.6 Å². The van der Waals surface area contributed by atoms with Gasteiger partial charge in [-0.05, 0) is 62.5 Å². The Labute approximate surface area is 146 Å². The molecule has 0 unspecified atom stereocenters. The van der Waals surface area contributed by atoms with E-state index >= 15 is 0 Å². The largest absolute Gasteiger partial charge is 0.444 e. The highest BCUT2D eigenvalue weighted by Crippen LogP contribution is 2.21. The molecule has 128 valence electrons. The summed E-state index contributed by atoms with van der Waals surface area (Å²) in [4.78, 5) is 16.4. The Morgan fingerprint density at radius 3 is 2.96 bits per heavy atom. The number of rotatable bonds is 6. The van der Waals surface area contributed by atoms with E-state index in [1.165, 1.54) is 19.1 Å². The van der Waals surface area contributed by atoms with Gasteiger partial charge in [0.25, 0.3) is 0 Å². The fourth-order valence-corrected chi connectivity index (χ4v) is 3.05. The van der Waals surface area contributed by atoms with Crippen LogP contribution in [0.3, 0.4) is 0 Å². The minimum absolute atomic E-state index is 0.0188. The number of benzene rings is 1. The molecule has 0 spiro atoms. The third-order valence-electron chi connectivity index (χ3n) is 4.26. The summed E-state index contributed by atoms with van der Waals surface area (Å²) < 4.78 is 5.45. The van der Waals surface area contributed by atoms with Crippen LogP contribution in [-0.2, 0) is 11.2 Å². The van der Waals surface area contributed by atoms with Gasteiger partial charge in [-0.15, -0.1) is 0 Å². The molecule has 2 heterocycles. The minimum atomic E-state index is -0.0188. The average molecular weight is 348 g/mol. The second kappa shape index (κ2) is 8.31. The number of halogens is 1. The first-order valence-corrected chi connectivity index (χ1v) is 8.76. The summed E-state index contributed by atoms with van der Waals surface area (Å²) in [6.45, 7) is 2.89. The number of nitrogens with one attached hydrogen (secondary N) is 2. The number of nitrogens with zero attached hydrogens (tertiary/aromatic N) is 1. The molecular formula is C18H22ClN3O2. The summed E-state index contributed by atoms with van der Waals surface area (Å²) >= 11 is 5.87. The van der Waals surface area contributed by atoms with Crippen LogP contribution in [-0.4, -0.2) is 30.5 Å². The smallest absolute Gasteiger partial charge is 0.226 e. The van der Waals surface area contributed by atoms with Crippen molar-refractivity contribution < 1.29 is 9.21 Å². The van der Waals surface area contributed by atoms with E-state index in [1.54, 1.807) is 12.1 Å². The predicted molar refractivity (Wildman–Crippen MR) is 93.9 cm³/mol. The third kappa shape index (κ3) is 4.82. The molecule has 1 aliphatic heterocycles. The highest BCUT2D eigenvalue weighted by molar-refractivity contribution is 6.30. The van der Waals surface area contributed by atoms with E-state index in [1.807, 2.05) is 12.1 Å². The molecule has 1 saturated heterocycles. The van der Waals surface area contributed by atoms with E-state index in [0.717, 1.165) is 25.1 Å². The van der Waals surface area contributed by atoms with Crippen LogP contribution >= 0.6 is 11.6 Å². The number of oxazole rings is 1. The lowest BCUT2D eigenvalue weighted by molar-refractivity contribution is -0.120. The van der Waals surface area contributed by atoms with Crippen molar-refractivity contribution in [3.8, 4) is 11.5 Å². The molecule has 0 radical (unpaired) electrons. The predicted octanol–water partition coefficient (Wildman–Crippen LogP) is 3.04. The molecule has 1 amide bonds. The van der Waals surface area contributed by atoms with Crippen molar-refractivity contribution in [2.75, 3.05) is 19.6 Å². The second-order valence-electron chi connectivity index (χ2n) is 6.18. The highest BCUT2D eigenvalue weighted by atomic mass is 35.5. The van der Waals surface area contributed by atoms with Crippen molar-refractivity contribution in [2.24, 2.45) is 5.92 Å². The van der Waals surface area contributed by atoms with Crippen molar-refractivity contribution in [2.45, 2.75) is 25.7 Å². The quantitative estimate of drug-likeness (QED) is 0.842. The van der Waals surface area contributed by atoms with Gasteiger partial charge < -0.3 is 15.1 Å². The molecule has 6 heteroatoms. The first-order chi connectivity index (χ1) is 11.7. The molecule has 2 N–H and O–H groups in total. The van der Waals surface area contributed by atoms with Crippen LogP contribution in [0.5, 0.6) is 0 Å². The van der Waals surface area contributed by atoms with E-state index in [-0.39, 0.29) is 12.3 Å². The van der Waals surface area contributed by atoms with Gasteiger partial charge in [0.2, 0.25) is 11.8 Å². The minimum Gasteiger partial charge on any atom is -0.444 e. The summed E-state index contributed by atoms with van der Waals surface area (Å²) in [6.07, 6.45) is 5.27. The number of amides is 1. The first-order valence-electron chi connectivity index (χ1n) is 8.38. The zero-order valence-electron chi connectivity index (χ0n) is 13.6. The lowest BCUT2D eigenvalue weighted by Crippen LogP contribution is -2.33. The molecule has 1 aromatic carbocycles. The monoisotopic (exact) mass is 347 g/mol. The Morgan fingerprint density at radius 2 is 2.21 bits per heavy atom. The summed E-state index contributed by atoms with van der Waals surface area (Å²) in [6, 6.07) is 7.26. The lowest BCUT2D eigenvalue weighted by atomic mass is 9.96. The van der Waals surface area contributed by atoms with Crippen molar-refractivity contribution in [1.82, 2.24) is 15.6 Å². The number of hydrogen-bond acceptors (Lipinski definition) is 4. The second-order valence-corrected chi connectivity index (χ2v) is 6.62. The van der Waals surface area contributed by atoms with Crippen molar-refractivity contribution >= 4 is 17.5 Å². The van der Waals surface area contributed by atoms with Gasteiger partial charge in [0.05, 0.1) is 12.1 Å². The maximum absolute atomic E-state index is 12.0. The van der Waals surface area contributed by atoms with Gasteiger partial charge in [-0.3, -0.25) is 4.79 Å². The Morgan fingerprint density at radius 1 is 1.38 bits per heavy atom. The molecule has 1 fully saturated rings. The van der Waals surface area contributed by atoms with Crippen molar-refractivity contribution in [3.63, 3.8) is 0 Å². The Bertz CT molecular complexity index is 663. The molecule has 1 aromatic heterocycles. The van der Waals surface area contributed by atoms with Crippen molar-refractivity contribution in [3.05, 3.63) is 41.2 Å². The maximum atomic E-state index is 12.0. The van der Waals surface area contributed by atoms with Gasteiger partial charge >= 0.3 is 0 Å². The van der Waals surface area contributed by atoms with Gasteiger partial charge in [-0.2, -0.15) is 0 Å². The maximum Gasteiger partial charge on any atom is 0.226 e. The van der Waals surface area contributed by atoms with E-state index in [9.17, 15) is 4.79 Å². The zero-order chi connectivity index (χ0) is 16.8.